The highest BCUT2D eigenvalue weighted by Crippen LogP contribution is 2.33. The van der Waals surface area contributed by atoms with Gasteiger partial charge in [-0.15, -0.1) is 11.3 Å². The highest BCUT2D eigenvalue weighted by atomic mass is 35.5. The van der Waals surface area contributed by atoms with Crippen LogP contribution in [0.2, 0.25) is 4.34 Å². The number of halogens is 1. The minimum atomic E-state index is -0.324. The molecule has 1 atom stereocenters. The number of rotatable bonds is 4. The van der Waals surface area contributed by atoms with E-state index in [1.165, 1.54) is 11.3 Å². The maximum Gasteiger partial charge on any atom is 0.223 e. The molecule has 28 heavy (non-hydrogen) atoms. The van der Waals surface area contributed by atoms with Gasteiger partial charge >= 0.3 is 0 Å². The normalized spacial score (nSPS) is 16.5. The van der Waals surface area contributed by atoms with Gasteiger partial charge in [-0.25, -0.2) is 15.0 Å². The lowest BCUT2D eigenvalue weighted by Gasteiger charge is -2.33. The highest BCUT2D eigenvalue weighted by Gasteiger charge is 2.35. The average molecular weight is 413 g/mol. The van der Waals surface area contributed by atoms with Crippen LogP contribution in [0.15, 0.2) is 36.8 Å². The number of aromatic nitrogens is 5. The highest BCUT2D eigenvalue weighted by molar-refractivity contribution is 7.15. The molecular weight excluding hydrogens is 396 g/mol. The lowest BCUT2D eigenvalue weighted by atomic mass is 10.0. The van der Waals surface area contributed by atoms with Crippen LogP contribution in [0, 0.1) is 0 Å². The predicted molar refractivity (Wildman–Crippen MR) is 107 cm³/mol. The number of aryl methyl sites for hydroxylation is 1. The van der Waals surface area contributed by atoms with E-state index in [0.29, 0.717) is 23.7 Å². The van der Waals surface area contributed by atoms with Gasteiger partial charge in [-0.05, 0) is 12.1 Å². The van der Waals surface area contributed by atoms with Crippen molar-refractivity contribution in [3.05, 3.63) is 63.3 Å². The smallest absolute Gasteiger partial charge is 0.223 e. The van der Waals surface area contributed by atoms with E-state index in [9.17, 15) is 4.79 Å². The molecule has 0 fully saturated rings. The molecule has 0 radical (unpaired) electrons. The van der Waals surface area contributed by atoms with Crippen LogP contribution in [0.5, 0.6) is 0 Å². The summed E-state index contributed by atoms with van der Waals surface area (Å²) in [6, 6.07) is 7.54. The zero-order valence-corrected chi connectivity index (χ0v) is 16.4. The summed E-state index contributed by atoms with van der Waals surface area (Å²) in [5, 5.41) is 0.871. The maximum absolute atomic E-state index is 13.1. The second-order valence-corrected chi connectivity index (χ2v) is 8.45. The van der Waals surface area contributed by atoms with Gasteiger partial charge in [-0.2, -0.15) is 0 Å². The molecule has 4 aromatic rings. The summed E-state index contributed by atoms with van der Waals surface area (Å²) >= 11 is 7.36. The molecule has 7 nitrogen and oxygen atoms in total. The van der Waals surface area contributed by atoms with Crippen molar-refractivity contribution in [2.24, 2.45) is 0 Å². The number of carbonyl (C=O) groups is 1. The number of H-pyrrole nitrogens is 2. The molecule has 142 valence electrons. The van der Waals surface area contributed by atoms with E-state index >= 15 is 0 Å². The van der Waals surface area contributed by atoms with Gasteiger partial charge in [-0.3, -0.25) is 4.79 Å². The summed E-state index contributed by atoms with van der Waals surface area (Å²) in [5.41, 5.74) is 3.74. The van der Waals surface area contributed by atoms with E-state index in [-0.39, 0.29) is 11.9 Å². The fourth-order valence-corrected chi connectivity index (χ4v) is 4.64. The molecule has 0 saturated carbocycles. The topological polar surface area (TPSA) is 90.6 Å². The Balaban J connectivity index is 1.46. The van der Waals surface area contributed by atoms with Crippen molar-refractivity contribution in [1.82, 2.24) is 29.8 Å². The molecular formula is C19H17ClN6OS. The number of amides is 1. The quantitative estimate of drug-likeness (QED) is 0.536. The first-order valence-electron chi connectivity index (χ1n) is 9.05. The molecule has 0 saturated heterocycles. The van der Waals surface area contributed by atoms with Crippen LogP contribution in [0.4, 0.5) is 0 Å². The largest absolute Gasteiger partial charge is 0.348 e. The van der Waals surface area contributed by atoms with Gasteiger partial charge in [-0.1, -0.05) is 23.7 Å². The van der Waals surface area contributed by atoms with Crippen molar-refractivity contribution in [3.8, 4) is 0 Å². The number of fused-ring (bicyclic) bond motifs is 2. The summed E-state index contributed by atoms with van der Waals surface area (Å²) in [4.78, 5) is 35.0. The summed E-state index contributed by atoms with van der Waals surface area (Å²) in [6.45, 7) is 0.619. The average Bonchev–Trinajstić information content (AvgIpc) is 3.43. The summed E-state index contributed by atoms with van der Waals surface area (Å²) in [5.74, 6) is 0.797. The van der Waals surface area contributed by atoms with E-state index in [1.807, 2.05) is 29.2 Å². The molecule has 3 aromatic heterocycles. The van der Waals surface area contributed by atoms with Gasteiger partial charge in [0.1, 0.15) is 16.2 Å². The number of hydrogen-bond acceptors (Lipinski definition) is 5. The van der Waals surface area contributed by atoms with Crippen LogP contribution in [0.1, 0.15) is 34.7 Å². The Bertz CT molecular complexity index is 1120. The zero-order chi connectivity index (χ0) is 19.1. The molecule has 0 spiro atoms. The van der Waals surface area contributed by atoms with Crippen LogP contribution >= 0.6 is 22.9 Å². The number of nitrogens with zero attached hydrogens (tertiary/aromatic N) is 4. The first kappa shape index (κ1) is 17.4. The molecule has 1 aromatic carbocycles. The molecule has 1 aliphatic rings. The molecule has 9 heteroatoms. The maximum atomic E-state index is 13.1. The number of imidazole rings is 2. The molecule has 0 aliphatic carbocycles. The van der Waals surface area contributed by atoms with Crippen LogP contribution in [0.3, 0.4) is 0 Å². The van der Waals surface area contributed by atoms with Crippen molar-refractivity contribution in [1.29, 1.82) is 0 Å². The van der Waals surface area contributed by atoms with Gasteiger partial charge in [0.25, 0.3) is 0 Å². The number of para-hydroxylation sites is 2. The van der Waals surface area contributed by atoms with Gasteiger partial charge in [0.2, 0.25) is 5.91 Å². The number of hydrogen-bond donors (Lipinski definition) is 2. The van der Waals surface area contributed by atoms with E-state index in [2.05, 4.69) is 19.9 Å². The van der Waals surface area contributed by atoms with Crippen molar-refractivity contribution < 1.29 is 4.79 Å². The third kappa shape index (κ3) is 3.08. The lowest BCUT2D eigenvalue weighted by Crippen LogP contribution is -2.41. The number of aromatic amines is 2. The minimum absolute atomic E-state index is 0.0606. The SMILES string of the molecule is O=C(CCc1ncc(Cl)s1)N1CCc2[nH]cnc2[C@H]1c1nc2ccccc2[nH]1. The minimum Gasteiger partial charge on any atom is -0.348 e. The van der Waals surface area contributed by atoms with Crippen molar-refractivity contribution >= 4 is 39.9 Å². The second-order valence-electron chi connectivity index (χ2n) is 6.70. The second kappa shape index (κ2) is 7.03. The lowest BCUT2D eigenvalue weighted by molar-refractivity contribution is -0.133. The first-order chi connectivity index (χ1) is 13.7. The summed E-state index contributed by atoms with van der Waals surface area (Å²) in [7, 11) is 0. The molecule has 1 amide bonds. The summed E-state index contributed by atoms with van der Waals surface area (Å²) in [6.07, 6.45) is 5.01. The molecule has 4 heterocycles. The Kier molecular flexibility index (Phi) is 4.37. The number of benzene rings is 1. The van der Waals surface area contributed by atoms with Crippen LogP contribution < -0.4 is 0 Å². The van der Waals surface area contributed by atoms with E-state index in [4.69, 9.17) is 16.6 Å². The van der Waals surface area contributed by atoms with Gasteiger partial charge in [0, 0.05) is 31.5 Å². The molecule has 5 rings (SSSR count). The van der Waals surface area contributed by atoms with Crippen LogP contribution in [-0.2, 0) is 17.6 Å². The van der Waals surface area contributed by atoms with Crippen molar-refractivity contribution in [2.45, 2.75) is 25.3 Å². The first-order valence-corrected chi connectivity index (χ1v) is 10.2. The number of thiazole rings is 1. The Labute approximate surface area is 169 Å². The van der Waals surface area contributed by atoms with Crippen molar-refractivity contribution in [2.75, 3.05) is 6.54 Å². The van der Waals surface area contributed by atoms with E-state index < -0.39 is 0 Å². The van der Waals surface area contributed by atoms with E-state index in [0.717, 1.165) is 39.7 Å². The Hall–Kier alpha value is -2.71. The fourth-order valence-electron chi connectivity index (χ4n) is 3.69. The zero-order valence-electron chi connectivity index (χ0n) is 14.9. The third-order valence-electron chi connectivity index (χ3n) is 4.99. The van der Waals surface area contributed by atoms with Crippen molar-refractivity contribution in [3.63, 3.8) is 0 Å². The third-order valence-corrected chi connectivity index (χ3v) is 6.16. The number of carbonyl (C=O) groups excluding carboxylic acids is 1. The Morgan fingerprint density at radius 2 is 2.21 bits per heavy atom. The monoisotopic (exact) mass is 412 g/mol. The molecule has 0 unspecified atom stereocenters. The fraction of sp³-hybridized carbons (Fsp3) is 0.263. The van der Waals surface area contributed by atoms with Crippen LogP contribution in [-0.4, -0.2) is 42.3 Å². The van der Waals surface area contributed by atoms with Gasteiger partial charge in [0.05, 0.1) is 34.3 Å². The Morgan fingerprint density at radius 3 is 3.04 bits per heavy atom. The van der Waals surface area contributed by atoms with Crippen LogP contribution in [0.25, 0.3) is 11.0 Å². The molecule has 0 bridgehead atoms. The van der Waals surface area contributed by atoms with Gasteiger partial charge < -0.3 is 14.9 Å². The Morgan fingerprint density at radius 1 is 1.32 bits per heavy atom. The standard InChI is InChI=1S/C19H17ClN6OS/c20-14-9-21-15(28-14)5-6-16(27)26-8-7-13-17(23-10-22-13)18(26)19-24-11-3-1-2-4-12(11)25-19/h1-4,9-10,18H,5-8H2,(H,22,23)(H,24,25)/t18-/m0/s1. The molecule has 1 aliphatic heterocycles. The predicted octanol–water partition coefficient (Wildman–Crippen LogP) is 3.50. The van der Waals surface area contributed by atoms with E-state index in [1.54, 1.807) is 12.5 Å². The number of nitrogens with one attached hydrogen (secondary N) is 2. The molecule has 2 N–H and O–H groups in total. The summed E-state index contributed by atoms with van der Waals surface area (Å²) < 4.78 is 0.640. The van der Waals surface area contributed by atoms with Gasteiger partial charge in [0.15, 0.2) is 0 Å².